The average molecular weight is 241 g/mol. The Morgan fingerprint density at radius 2 is 1.82 bits per heavy atom. The van der Waals surface area contributed by atoms with Crippen LogP contribution in [0.3, 0.4) is 0 Å². The molecule has 1 aliphatic carbocycles. The monoisotopic (exact) mass is 241 g/mol. The van der Waals surface area contributed by atoms with E-state index in [2.05, 4.69) is 39.9 Å². The summed E-state index contributed by atoms with van der Waals surface area (Å²) >= 11 is 0. The minimum absolute atomic E-state index is 0.103. The molecule has 0 spiro atoms. The van der Waals surface area contributed by atoms with Gasteiger partial charge in [0.15, 0.2) is 0 Å². The van der Waals surface area contributed by atoms with E-state index in [-0.39, 0.29) is 5.60 Å². The lowest BCUT2D eigenvalue weighted by Crippen LogP contribution is -2.48. The van der Waals surface area contributed by atoms with Crippen LogP contribution in [-0.2, 0) is 4.74 Å². The summed E-state index contributed by atoms with van der Waals surface area (Å²) in [4.78, 5) is 0. The van der Waals surface area contributed by atoms with E-state index < -0.39 is 0 Å². The second kappa shape index (κ2) is 6.75. The third-order valence-corrected chi connectivity index (χ3v) is 4.04. The van der Waals surface area contributed by atoms with E-state index in [1.807, 2.05) is 0 Å². The molecule has 1 aliphatic rings. The van der Waals surface area contributed by atoms with Gasteiger partial charge in [0.2, 0.25) is 0 Å². The van der Waals surface area contributed by atoms with E-state index in [1.165, 1.54) is 25.7 Å². The van der Waals surface area contributed by atoms with Gasteiger partial charge in [0.1, 0.15) is 0 Å². The first-order valence-corrected chi connectivity index (χ1v) is 7.38. The van der Waals surface area contributed by atoms with E-state index in [0.29, 0.717) is 12.1 Å². The number of rotatable bonds is 6. The maximum Gasteiger partial charge on any atom is 0.0810 e. The summed E-state index contributed by atoms with van der Waals surface area (Å²) in [5.41, 5.74) is 0.103. The van der Waals surface area contributed by atoms with Crippen molar-refractivity contribution in [1.29, 1.82) is 0 Å². The minimum Gasteiger partial charge on any atom is -0.371 e. The number of ether oxygens (including phenoxy) is 1. The first-order chi connectivity index (χ1) is 7.97. The first kappa shape index (κ1) is 15.0. The minimum atomic E-state index is 0.103. The molecule has 1 atom stereocenters. The Bertz CT molecular complexity index is 207. The molecule has 0 aliphatic heterocycles. The Kier molecular flexibility index (Phi) is 5.94. The van der Waals surface area contributed by atoms with Crippen LogP contribution in [0.2, 0.25) is 0 Å². The molecular formula is C15H31NO. The molecule has 0 radical (unpaired) electrons. The van der Waals surface area contributed by atoms with Gasteiger partial charge in [-0.1, -0.05) is 27.7 Å². The second-order valence-electron chi connectivity index (χ2n) is 6.24. The zero-order valence-electron chi connectivity index (χ0n) is 12.4. The molecule has 1 rings (SSSR count). The Labute approximate surface area is 108 Å². The maximum absolute atomic E-state index is 6.36. The summed E-state index contributed by atoms with van der Waals surface area (Å²) in [5.74, 6) is 0.878. The standard InChI is InChI=1S/C15H31NO/c1-6-14(5)17-15(11-16-12(2)3)9-7-13(4)8-10-15/h12-14,16H,6-11H2,1-5H3. The van der Waals surface area contributed by atoms with Crippen molar-refractivity contribution in [2.24, 2.45) is 5.92 Å². The highest BCUT2D eigenvalue weighted by Gasteiger charge is 2.36. The van der Waals surface area contributed by atoms with Gasteiger partial charge in [-0.2, -0.15) is 0 Å². The maximum atomic E-state index is 6.36. The molecule has 102 valence electrons. The topological polar surface area (TPSA) is 21.3 Å². The van der Waals surface area contributed by atoms with Crippen LogP contribution in [0.1, 0.15) is 66.7 Å². The summed E-state index contributed by atoms with van der Waals surface area (Å²) in [6.45, 7) is 12.2. The van der Waals surface area contributed by atoms with E-state index >= 15 is 0 Å². The summed E-state index contributed by atoms with van der Waals surface area (Å²) in [5, 5.41) is 3.58. The van der Waals surface area contributed by atoms with Gasteiger partial charge >= 0.3 is 0 Å². The molecular weight excluding hydrogens is 210 g/mol. The van der Waals surface area contributed by atoms with E-state index in [1.54, 1.807) is 0 Å². The molecule has 0 aromatic heterocycles. The Hall–Kier alpha value is -0.0800. The lowest BCUT2D eigenvalue weighted by molar-refractivity contribution is -0.112. The molecule has 1 saturated carbocycles. The third-order valence-electron chi connectivity index (χ3n) is 4.04. The second-order valence-corrected chi connectivity index (χ2v) is 6.24. The van der Waals surface area contributed by atoms with Crippen molar-refractivity contribution in [1.82, 2.24) is 5.32 Å². The molecule has 2 heteroatoms. The SMILES string of the molecule is CCC(C)OC1(CNC(C)C)CCC(C)CC1. The average Bonchev–Trinajstić information content (AvgIpc) is 2.30. The summed E-state index contributed by atoms with van der Waals surface area (Å²) in [6, 6.07) is 0.548. The van der Waals surface area contributed by atoms with Gasteiger partial charge in [-0.15, -0.1) is 0 Å². The van der Waals surface area contributed by atoms with Crippen LogP contribution in [0.15, 0.2) is 0 Å². The summed E-state index contributed by atoms with van der Waals surface area (Å²) in [6.07, 6.45) is 6.57. The normalized spacial score (nSPS) is 31.8. The van der Waals surface area contributed by atoms with Crippen molar-refractivity contribution < 1.29 is 4.74 Å². The van der Waals surface area contributed by atoms with Crippen LogP contribution in [0.4, 0.5) is 0 Å². The fourth-order valence-electron chi connectivity index (χ4n) is 2.52. The van der Waals surface area contributed by atoms with E-state index in [9.17, 15) is 0 Å². The molecule has 0 amide bonds. The molecule has 2 nitrogen and oxygen atoms in total. The van der Waals surface area contributed by atoms with E-state index in [4.69, 9.17) is 4.74 Å². The van der Waals surface area contributed by atoms with Gasteiger partial charge in [-0.3, -0.25) is 0 Å². The van der Waals surface area contributed by atoms with Gasteiger partial charge in [0.25, 0.3) is 0 Å². The van der Waals surface area contributed by atoms with Crippen LogP contribution >= 0.6 is 0 Å². The van der Waals surface area contributed by atoms with Crippen molar-refractivity contribution >= 4 is 0 Å². The molecule has 0 aromatic rings. The summed E-state index contributed by atoms with van der Waals surface area (Å²) in [7, 11) is 0. The predicted octanol–water partition coefficient (Wildman–Crippen LogP) is 3.75. The zero-order chi connectivity index (χ0) is 12.9. The molecule has 1 N–H and O–H groups in total. The van der Waals surface area contributed by atoms with Crippen molar-refractivity contribution in [2.75, 3.05) is 6.54 Å². The molecule has 1 unspecified atom stereocenters. The van der Waals surface area contributed by atoms with Crippen LogP contribution in [0, 0.1) is 5.92 Å². The van der Waals surface area contributed by atoms with Crippen LogP contribution < -0.4 is 5.32 Å². The summed E-state index contributed by atoms with van der Waals surface area (Å²) < 4.78 is 6.36. The number of hydrogen-bond donors (Lipinski definition) is 1. The lowest BCUT2D eigenvalue weighted by atomic mass is 9.79. The van der Waals surface area contributed by atoms with Crippen LogP contribution in [-0.4, -0.2) is 24.3 Å². The van der Waals surface area contributed by atoms with Crippen molar-refractivity contribution in [3.05, 3.63) is 0 Å². The van der Waals surface area contributed by atoms with Crippen molar-refractivity contribution in [3.63, 3.8) is 0 Å². The van der Waals surface area contributed by atoms with Crippen molar-refractivity contribution in [2.45, 2.75) is 84.5 Å². The molecule has 0 saturated heterocycles. The van der Waals surface area contributed by atoms with Gasteiger partial charge in [-0.05, 0) is 44.9 Å². The Morgan fingerprint density at radius 3 is 2.29 bits per heavy atom. The molecule has 17 heavy (non-hydrogen) atoms. The third kappa shape index (κ3) is 4.97. The highest BCUT2D eigenvalue weighted by Crippen LogP contribution is 2.35. The predicted molar refractivity (Wildman–Crippen MR) is 74.3 cm³/mol. The molecule has 1 fully saturated rings. The smallest absolute Gasteiger partial charge is 0.0810 e. The van der Waals surface area contributed by atoms with Gasteiger partial charge in [0.05, 0.1) is 11.7 Å². The number of hydrogen-bond acceptors (Lipinski definition) is 2. The Balaban J connectivity index is 2.57. The molecule has 0 aromatic carbocycles. The highest BCUT2D eigenvalue weighted by atomic mass is 16.5. The molecule has 0 heterocycles. The number of nitrogens with one attached hydrogen (secondary N) is 1. The van der Waals surface area contributed by atoms with Gasteiger partial charge in [0, 0.05) is 12.6 Å². The first-order valence-electron chi connectivity index (χ1n) is 7.38. The quantitative estimate of drug-likeness (QED) is 0.764. The van der Waals surface area contributed by atoms with Gasteiger partial charge in [-0.25, -0.2) is 0 Å². The fourth-order valence-corrected chi connectivity index (χ4v) is 2.52. The lowest BCUT2D eigenvalue weighted by Gasteiger charge is -2.41. The van der Waals surface area contributed by atoms with E-state index in [0.717, 1.165) is 18.9 Å². The van der Waals surface area contributed by atoms with Crippen LogP contribution in [0.25, 0.3) is 0 Å². The highest BCUT2D eigenvalue weighted by molar-refractivity contribution is 4.89. The zero-order valence-corrected chi connectivity index (χ0v) is 12.4. The van der Waals surface area contributed by atoms with Crippen LogP contribution in [0.5, 0.6) is 0 Å². The van der Waals surface area contributed by atoms with Crippen molar-refractivity contribution in [3.8, 4) is 0 Å². The fraction of sp³-hybridized carbons (Fsp3) is 1.00. The Morgan fingerprint density at radius 1 is 1.24 bits per heavy atom. The van der Waals surface area contributed by atoms with Gasteiger partial charge < -0.3 is 10.1 Å². The molecule has 0 bridgehead atoms. The largest absolute Gasteiger partial charge is 0.371 e.